The van der Waals surface area contributed by atoms with Gasteiger partial charge in [0.2, 0.25) is 5.91 Å². The molecule has 4 nitrogen and oxygen atoms in total. The first-order chi connectivity index (χ1) is 11.9. The molecule has 0 aliphatic heterocycles. The highest BCUT2D eigenvalue weighted by Gasteiger charge is 2.19. The Bertz CT molecular complexity index is 685. The highest BCUT2D eigenvalue weighted by molar-refractivity contribution is 5.83. The van der Waals surface area contributed by atoms with Gasteiger partial charge in [0.25, 0.3) is 0 Å². The Labute approximate surface area is 147 Å². The highest BCUT2D eigenvalue weighted by Crippen LogP contribution is 2.21. The van der Waals surface area contributed by atoms with Crippen molar-refractivity contribution in [2.24, 2.45) is 0 Å². The van der Waals surface area contributed by atoms with E-state index in [1.54, 1.807) is 19.2 Å². The summed E-state index contributed by atoms with van der Waals surface area (Å²) in [6.07, 6.45) is -0.403. The Morgan fingerprint density at radius 3 is 2.20 bits per heavy atom. The minimum absolute atomic E-state index is 0.107. The molecule has 0 fully saturated rings. The number of carbonyl (C=O) groups is 1. The lowest BCUT2D eigenvalue weighted by atomic mass is 9.98. The van der Waals surface area contributed by atoms with Crippen molar-refractivity contribution >= 4 is 5.91 Å². The van der Waals surface area contributed by atoms with Gasteiger partial charge in [0.05, 0.1) is 19.1 Å². The summed E-state index contributed by atoms with van der Waals surface area (Å²) in [5, 5.41) is 13.1. The van der Waals surface area contributed by atoms with Crippen LogP contribution in [-0.2, 0) is 4.79 Å². The number of hydrogen-bond donors (Lipinski definition) is 2. The summed E-state index contributed by atoms with van der Waals surface area (Å²) in [6, 6.07) is 12.9. The Hall–Kier alpha value is -2.40. The van der Waals surface area contributed by atoms with Gasteiger partial charge in [0, 0.05) is 6.04 Å². The van der Waals surface area contributed by atoms with Crippen molar-refractivity contribution < 1.29 is 19.0 Å². The molecule has 5 heteroatoms. The third-order valence-corrected chi connectivity index (χ3v) is 4.23. The van der Waals surface area contributed by atoms with Gasteiger partial charge in [-0.25, -0.2) is 4.39 Å². The number of rotatable bonds is 7. The lowest BCUT2D eigenvalue weighted by Gasteiger charge is -2.20. The molecule has 2 rings (SSSR count). The highest BCUT2D eigenvalue weighted by atomic mass is 19.1. The van der Waals surface area contributed by atoms with Gasteiger partial charge in [-0.1, -0.05) is 24.3 Å². The van der Waals surface area contributed by atoms with Gasteiger partial charge in [0.1, 0.15) is 11.6 Å². The second-order valence-corrected chi connectivity index (χ2v) is 6.21. The van der Waals surface area contributed by atoms with Crippen LogP contribution < -0.4 is 10.1 Å². The van der Waals surface area contributed by atoms with Crippen LogP contribution in [0.1, 0.15) is 43.4 Å². The second-order valence-electron chi connectivity index (χ2n) is 6.21. The molecule has 3 unspecified atom stereocenters. The van der Waals surface area contributed by atoms with E-state index in [-0.39, 0.29) is 23.7 Å². The minimum Gasteiger partial charge on any atom is -0.497 e. The number of aliphatic hydroxyl groups is 1. The standard InChI is InChI=1S/C20H24FNO3/c1-13(12-19(23)16-4-8-17(21)9-5-16)22-20(24)14(2)15-6-10-18(25-3)11-7-15/h4-11,13-14,19,23H,12H2,1-3H3,(H,22,24). The van der Waals surface area contributed by atoms with Crippen molar-refractivity contribution in [2.75, 3.05) is 7.11 Å². The zero-order valence-corrected chi connectivity index (χ0v) is 14.7. The van der Waals surface area contributed by atoms with E-state index in [0.29, 0.717) is 12.0 Å². The number of nitrogens with one attached hydrogen (secondary N) is 1. The van der Waals surface area contributed by atoms with E-state index >= 15 is 0 Å². The van der Waals surface area contributed by atoms with Crippen LogP contribution in [0.15, 0.2) is 48.5 Å². The average molecular weight is 345 g/mol. The molecular formula is C20H24FNO3. The van der Waals surface area contributed by atoms with Gasteiger partial charge in [-0.15, -0.1) is 0 Å². The molecule has 1 amide bonds. The molecule has 0 radical (unpaired) electrons. The second kappa shape index (κ2) is 8.62. The molecule has 0 bridgehead atoms. The molecule has 0 saturated carbocycles. The Morgan fingerprint density at radius 2 is 1.64 bits per heavy atom. The predicted molar refractivity (Wildman–Crippen MR) is 95.0 cm³/mol. The third kappa shape index (κ3) is 5.29. The summed E-state index contributed by atoms with van der Waals surface area (Å²) in [5.41, 5.74) is 1.52. The maximum Gasteiger partial charge on any atom is 0.227 e. The van der Waals surface area contributed by atoms with E-state index in [1.807, 2.05) is 38.1 Å². The number of amides is 1. The molecule has 134 valence electrons. The van der Waals surface area contributed by atoms with Crippen LogP contribution in [0.5, 0.6) is 5.75 Å². The van der Waals surface area contributed by atoms with Gasteiger partial charge in [0.15, 0.2) is 0 Å². The summed E-state index contributed by atoms with van der Waals surface area (Å²) in [4.78, 5) is 12.4. The van der Waals surface area contributed by atoms with Crippen LogP contribution in [0, 0.1) is 5.82 Å². The normalized spacial score (nSPS) is 14.4. The van der Waals surface area contributed by atoms with Crippen LogP contribution in [-0.4, -0.2) is 24.2 Å². The molecule has 25 heavy (non-hydrogen) atoms. The summed E-state index contributed by atoms with van der Waals surface area (Å²) in [5.74, 6) is -0.0157. The predicted octanol–water partition coefficient (Wildman–Crippen LogP) is 3.57. The smallest absolute Gasteiger partial charge is 0.227 e. The van der Waals surface area contributed by atoms with E-state index in [9.17, 15) is 14.3 Å². The molecule has 0 aromatic heterocycles. The third-order valence-electron chi connectivity index (χ3n) is 4.23. The number of aliphatic hydroxyl groups excluding tert-OH is 1. The lowest BCUT2D eigenvalue weighted by Crippen LogP contribution is -2.36. The molecule has 0 heterocycles. The minimum atomic E-state index is -0.757. The Kier molecular flexibility index (Phi) is 6.53. The molecule has 0 saturated heterocycles. The number of ether oxygens (including phenoxy) is 1. The topological polar surface area (TPSA) is 58.6 Å². The van der Waals surface area contributed by atoms with Crippen LogP contribution >= 0.6 is 0 Å². The zero-order chi connectivity index (χ0) is 18.4. The fourth-order valence-electron chi connectivity index (χ4n) is 2.63. The quantitative estimate of drug-likeness (QED) is 0.807. The molecule has 2 aromatic rings. The van der Waals surface area contributed by atoms with Crippen LogP contribution in [0.25, 0.3) is 0 Å². The van der Waals surface area contributed by atoms with Gasteiger partial charge >= 0.3 is 0 Å². The first kappa shape index (κ1) is 18.9. The number of hydrogen-bond acceptors (Lipinski definition) is 3. The Morgan fingerprint density at radius 1 is 1.08 bits per heavy atom. The van der Waals surface area contributed by atoms with Gasteiger partial charge < -0.3 is 15.2 Å². The maximum absolute atomic E-state index is 12.9. The average Bonchev–Trinajstić information content (AvgIpc) is 2.61. The molecule has 0 aliphatic rings. The van der Waals surface area contributed by atoms with E-state index < -0.39 is 6.10 Å². The van der Waals surface area contributed by atoms with Crippen LogP contribution in [0.3, 0.4) is 0 Å². The fourth-order valence-corrected chi connectivity index (χ4v) is 2.63. The van der Waals surface area contributed by atoms with Crippen molar-refractivity contribution in [1.29, 1.82) is 0 Å². The fraction of sp³-hybridized carbons (Fsp3) is 0.350. The lowest BCUT2D eigenvalue weighted by molar-refractivity contribution is -0.123. The summed E-state index contributed by atoms with van der Waals surface area (Å²) in [7, 11) is 1.60. The first-order valence-corrected chi connectivity index (χ1v) is 8.28. The SMILES string of the molecule is COc1ccc(C(C)C(=O)NC(C)CC(O)c2ccc(F)cc2)cc1. The molecule has 2 aromatic carbocycles. The molecule has 0 spiro atoms. The number of carbonyl (C=O) groups excluding carboxylic acids is 1. The van der Waals surface area contributed by atoms with E-state index in [0.717, 1.165) is 11.3 Å². The number of benzene rings is 2. The molecule has 3 atom stereocenters. The van der Waals surface area contributed by atoms with E-state index in [4.69, 9.17) is 4.74 Å². The molecule has 2 N–H and O–H groups in total. The summed E-state index contributed by atoms with van der Waals surface area (Å²) < 4.78 is 18.1. The first-order valence-electron chi connectivity index (χ1n) is 8.28. The van der Waals surface area contributed by atoms with E-state index in [2.05, 4.69) is 5.32 Å². The monoisotopic (exact) mass is 345 g/mol. The van der Waals surface area contributed by atoms with Crippen LogP contribution in [0.4, 0.5) is 4.39 Å². The zero-order valence-electron chi connectivity index (χ0n) is 14.7. The largest absolute Gasteiger partial charge is 0.497 e. The number of methoxy groups -OCH3 is 1. The van der Waals surface area contributed by atoms with Crippen molar-refractivity contribution in [3.05, 3.63) is 65.5 Å². The van der Waals surface area contributed by atoms with Crippen molar-refractivity contribution in [3.63, 3.8) is 0 Å². The van der Waals surface area contributed by atoms with E-state index in [1.165, 1.54) is 12.1 Å². The van der Waals surface area contributed by atoms with Crippen molar-refractivity contribution in [3.8, 4) is 5.75 Å². The number of halogens is 1. The summed E-state index contributed by atoms with van der Waals surface area (Å²) in [6.45, 7) is 3.67. The van der Waals surface area contributed by atoms with Crippen molar-refractivity contribution in [2.45, 2.75) is 38.3 Å². The maximum atomic E-state index is 12.9. The molecule has 0 aliphatic carbocycles. The van der Waals surface area contributed by atoms with Crippen LogP contribution in [0.2, 0.25) is 0 Å². The van der Waals surface area contributed by atoms with Gasteiger partial charge in [-0.05, 0) is 55.7 Å². The van der Waals surface area contributed by atoms with Crippen molar-refractivity contribution in [1.82, 2.24) is 5.32 Å². The van der Waals surface area contributed by atoms with Gasteiger partial charge in [-0.3, -0.25) is 4.79 Å². The van der Waals surface area contributed by atoms with Gasteiger partial charge in [-0.2, -0.15) is 0 Å². The summed E-state index contributed by atoms with van der Waals surface area (Å²) >= 11 is 0. The molecular weight excluding hydrogens is 321 g/mol. The Balaban J connectivity index is 1.90.